The van der Waals surface area contributed by atoms with Crippen molar-refractivity contribution in [3.63, 3.8) is 0 Å². The minimum absolute atomic E-state index is 0.659. The molecule has 0 spiro atoms. The van der Waals surface area contributed by atoms with Gasteiger partial charge in [0.2, 0.25) is 0 Å². The van der Waals surface area contributed by atoms with Gasteiger partial charge in [-0.1, -0.05) is 0 Å². The van der Waals surface area contributed by atoms with E-state index in [-0.39, 0.29) is 0 Å². The molecule has 0 unspecified atom stereocenters. The molecule has 2 aromatic heterocycles. The van der Waals surface area contributed by atoms with E-state index < -0.39 is 0 Å². The fourth-order valence-corrected chi connectivity index (χ4v) is 1.38. The van der Waals surface area contributed by atoms with Gasteiger partial charge in [0.1, 0.15) is 5.82 Å². The van der Waals surface area contributed by atoms with E-state index in [0.29, 0.717) is 5.82 Å². The number of halogens is 1. The molecule has 0 bridgehead atoms. The molecular formula is C8H7IN4. The van der Waals surface area contributed by atoms with E-state index >= 15 is 0 Å². The average Bonchev–Trinajstić information content (AvgIpc) is 2.49. The lowest BCUT2D eigenvalue weighted by atomic mass is 10.4. The molecule has 5 heteroatoms. The molecule has 0 radical (unpaired) electrons. The third-order valence-electron chi connectivity index (χ3n) is 1.67. The fraction of sp³-hybridized carbons (Fsp3) is 0. The smallest absolute Gasteiger partial charge is 0.140 e. The average molecular weight is 286 g/mol. The molecule has 0 atom stereocenters. The van der Waals surface area contributed by atoms with E-state index in [1.165, 1.54) is 0 Å². The predicted molar refractivity (Wildman–Crippen MR) is 58.5 cm³/mol. The van der Waals surface area contributed by atoms with Crippen LogP contribution in [0.3, 0.4) is 0 Å². The summed E-state index contributed by atoms with van der Waals surface area (Å²) in [7, 11) is 0. The van der Waals surface area contributed by atoms with Crippen LogP contribution in [0.1, 0.15) is 0 Å². The Balaban J connectivity index is 2.53. The SMILES string of the molecule is Nc1c(I)cnn1-c1ccncc1. The highest BCUT2D eigenvalue weighted by molar-refractivity contribution is 14.1. The Labute approximate surface area is 88.9 Å². The van der Waals surface area contributed by atoms with Crippen LogP contribution in [-0.4, -0.2) is 14.8 Å². The Morgan fingerprint density at radius 1 is 1.31 bits per heavy atom. The Morgan fingerprint density at radius 3 is 2.54 bits per heavy atom. The van der Waals surface area contributed by atoms with Crippen molar-refractivity contribution >= 4 is 28.4 Å². The number of hydrogen-bond acceptors (Lipinski definition) is 3. The Bertz CT molecular complexity index is 409. The summed E-state index contributed by atoms with van der Waals surface area (Å²) < 4.78 is 2.64. The van der Waals surface area contributed by atoms with Gasteiger partial charge in [0.15, 0.2) is 0 Å². The molecule has 2 rings (SSSR count). The molecule has 2 aromatic rings. The zero-order valence-corrected chi connectivity index (χ0v) is 8.84. The molecule has 4 nitrogen and oxygen atoms in total. The van der Waals surface area contributed by atoms with Gasteiger partial charge in [0.25, 0.3) is 0 Å². The highest BCUT2D eigenvalue weighted by Gasteiger charge is 2.04. The fourth-order valence-electron chi connectivity index (χ4n) is 1.03. The Kier molecular flexibility index (Phi) is 2.17. The van der Waals surface area contributed by atoms with E-state index in [0.717, 1.165) is 9.26 Å². The summed E-state index contributed by atoms with van der Waals surface area (Å²) in [5, 5.41) is 4.14. The summed E-state index contributed by atoms with van der Waals surface area (Å²) in [5.74, 6) is 0.659. The van der Waals surface area contributed by atoms with Gasteiger partial charge in [-0.05, 0) is 34.7 Å². The van der Waals surface area contributed by atoms with Crippen LogP contribution in [0.4, 0.5) is 5.82 Å². The predicted octanol–water partition coefficient (Wildman–Crippen LogP) is 1.45. The summed E-state index contributed by atoms with van der Waals surface area (Å²) >= 11 is 2.15. The van der Waals surface area contributed by atoms with Crippen LogP contribution >= 0.6 is 22.6 Å². The minimum Gasteiger partial charge on any atom is -0.383 e. The second-order valence-electron chi connectivity index (χ2n) is 2.49. The maximum atomic E-state index is 5.81. The van der Waals surface area contributed by atoms with Crippen LogP contribution in [0.5, 0.6) is 0 Å². The lowest BCUT2D eigenvalue weighted by molar-refractivity contribution is 0.888. The van der Waals surface area contributed by atoms with Gasteiger partial charge in [-0.2, -0.15) is 5.10 Å². The molecule has 0 amide bonds. The van der Waals surface area contributed by atoms with E-state index in [1.807, 2.05) is 12.1 Å². The van der Waals surface area contributed by atoms with Crippen LogP contribution < -0.4 is 5.73 Å². The summed E-state index contributed by atoms with van der Waals surface area (Å²) in [4.78, 5) is 3.92. The van der Waals surface area contributed by atoms with Crippen LogP contribution in [0.25, 0.3) is 5.69 Å². The second-order valence-corrected chi connectivity index (χ2v) is 3.66. The Hall–Kier alpha value is -1.11. The van der Waals surface area contributed by atoms with Crippen LogP contribution in [0.2, 0.25) is 0 Å². The van der Waals surface area contributed by atoms with Gasteiger partial charge in [0.05, 0.1) is 15.5 Å². The number of anilines is 1. The van der Waals surface area contributed by atoms with E-state index in [4.69, 9.17) is 5.73 Å². The number of aromatic nitrogens is 3. The first kappa shape index (κ1) is 8.49. The molecule has 0 fully saturated rings. The minimum atomic E-state index is 0.659. The number of nitrogens with zero attached hydrogens (tertiary/aromatic N) is 3. The summed E-state index contributed by atoms with van der Waals surface area (Å²) in [6.45, 7) is 0. The van der Waals surface area contributed by atoms with Crippen molar-refractivity contribution in [2.45, 2.75) is 0 Å². The first-order valence-electron chi connectivity index (χ1n) is 3.68. The summed E-state index contributed by atoms with van der Waals surface area (Å²) in [5.41, 5.74) is 6.73. The van der Waals surface area contributed by atoms with Crippen molar-refractivity contribution in [1.29, 1.82) is 0 Å². The molecule has 0 aliphatic heterocycles. The topological polar surface area (TPSA) is 56.7 Å². The van der Waals surface area contributed by atoms with E-state index in [2.05, 4.69) is 32.7 Å². The van der Waals surface area contributed by atoms with E-state index in [1.54, 1.807) is 23.3 Å². The van der Waals surface area contributed by atoms with Gasteiger partial charge in [-0.3, -0.25) is 4.98 Å². The van der Waals surface area contributed by atoms with Crippen molar-refractivity contribution in [2.75, 3.05) is 5.73 Å². The molecule has 0 saturated carbocycles. The molecule has 13 heavy (non-hydrogen) atoms. The zero-order valence-electron chi connectivity index (χ0n) is 6.68. The second kappa shape index (κ2) is 3.33. The maximum absolute atomic E-state index is 5.81. The van der Waals surface area contributed by atoms with Crippen molar-refractivity contribution in [2.24, 2.45) is 0 Å². The van der Waals surface area contributed by atoms with Gasteiger partial charge >= 0.3 is 0 Å². The maximum Gasteiger partial charge on any atom is 0.140 e. The van der Waals surface area contributed by atoms with Gasteiger partial charge in [-0.25, -0.2) is 4.68 Å². The molecule has 0 saturated heterocycles. The number of rotatable bonds is 1. The first-order valence-corrected chi connectivity index (χ1v) is 4.76. The van der Waals surface area contributed by atoms with Gasteiger partial charge in [0, 0.05) is 12.4 Å². The molecule has 0 aromatic carbocycles. The van der Waals surface area contributed by atoms with Crippen molar-refractivity contribution in [3.05, 3.63) is 34.3 Å². The monoisotopic (exact) mass is 286 g/mol. The normalized spacial score (nSPS) is 10.2. The van der Waals surface area contributed by atoms with Crippen LogP contribution in [-0.2, 0) is 0 Å². The number of hydrogen-bond donors (Lipinski definition) is 1. The van der Waals surface area contributed by atoms with Crippen LogP contribution in [0, 0.1) is 3.57 Å². The number of nitrogens with two attached hydrogens (primary N) is 1. The lowest BCUT2D eigenvalue weighted by Gasteiger charge is -2.02. The third kappa shape index (κ3) is 1.51. The zero-order chi connectivity index (χ0) is 9.26. The summed E-state index contributed by atoms with van der Waals surface area (Å²) in [6.07, 6.45) is 5.16. The van der Waals surface area contributed by atoms with E-state index in [9.17, 15) is 0 Å². The molecule has 2 N–H and O–H groups in total. The molecule has 66 valence electrons. The highest BCUT2D eigenvalue weighted by Crippen LogP contribution is 2.17. The number of pyridine rings is 1. The van der Waals surface area contributed by atoms with Crippen molar-refractivity contribution < 1.29 is 0 Å². The van der Waals surface area contributed by atoms with Crippen molar-refractivity contribution in [3.8, 4) is 5.69 Å². The largest absolute Gasteiger partial charge is 0.383 e. The molecule has 0 aliphatic carbocycles. The highest BCUT2D eigenvalue weighted by atomic mass is 127. The molecular weight excluding hydrogens is 279 g/mol. The van der Waals surface area contributed by atoms with Crippen molar-refractivity contribution in [1.82, 2.24) is 14.8 Å². The Morgan fingerprint density at radius 2 is 2.00 bits per heavy atom. The van der Waals surface area contributed by atoms with Gasteiger partial charge in [-0.15, -0.1) is 0 Å². The molecule has 2 heterocycles. The van der Waals surface area contributed by atoms with Crippen LogP contribution in [0.15, 0.2) is 30.7 Å². The first-order chi connectivity index (χ1) is 6.29. The van der Waals surface area contributed by atoms with Gasteiger partial charge < -0.3 is 5.73 Å². The summed E-state index contributed by atoms with van der Waals surface area (Å²) in [6, 6.07) is 3.72. The third-order valence-corrected chi connectivity index (χ3v) is 2.50. The standard InChI is InChI=1S/C8H7IN4/c9-7-5-12-13(8(7)10)6-1-3-11-4-2-6/h1-5H,10H2. The lowest BCUT2D eigenvalue weighted by Crippen LogP contribution is -2.01. The quantitative estimate of drug-likeness (QED) is 0.807. The number of nitrogen functional groups attached to an aromatic ring is 1. The molecule has 0 aliphatic rings.